The number of rotatable bonds is 4. The van der Waals surface area contributed by atoms with Crippen molar-refractivity contribution in [2.45, 2.75) is 32.7 Å². The Kier molecular flexibility index (Phi) is 4.82. The minimum Gasteiger partial charge on any atom is -0.504 e. The zero-order valence-electron chi connectivity index (χ0n) is 16.6. The molecule has 0 spiro atoms. The monoisotopic (exact) mass is 390 g/mol. The molecule has 5 nitrogen and oxygen atoms in total. The normalized spacial score (nSPS) is 25.1. The van der Waals surface area contributed by atoms with Crippen molar-refractivity contribution in [1.29, 1.82) is 0 Å². The molecule has 1 aliphatic heterocycles. The van der Waals surface area contributed by atoms with Crippen LogP contribution in [0.4, 0.5) is 5.69 Å². The third-order valence-corrected chi connectivity index (χ3v) is 6.35. The number of allylic oxidation sites excluding steroid dienone is 4. The molecule has 4 N–H and O–H groups in total. The summed E-state index contributed by atoms with van der Waals surface area (Å²) in [7, 11) is 0. The quantitative estimate of drug-likeness (QED) is 0.583. The lowest BCUT2D eigenvalue weighted by Gasteiger charge is -2.31. The van der Waals surface area contributed by atoms with Gasteiger partial charge in [-0.15, -0.1) is 0 Å². The molecule has 2 aliphatic rings. The maximum absolute atomic E-state index is 12.6. The van der Waals surface area contributed by atoms with E-state index in [-0.39, 0.29) is 35.3 Å². The topological polar surface area (TPSA) is 81.6 Å². The smallest absolute Gasteiger partial charge is 0.228 e. The number of carbonyl (C=O) groups excluding carboxylic acids is 1. The Balaban J connectivity index is 1.54. The number of nitrogens with one attached hydrogen (secondary N) is 2. The number of hydrogen-bond donors (Lipinski definition) is 4. The zero-order valence-corrected chi connectivity index (χ0v) is 16.6. The van der Waals surface area contributed by atoms with Crippen LogP contribution in [0.3, 0.4) is 0 Å². The number of phenolic OH excluding ortho intramolecular Hbond substituents is 2. The highest BCUT2D eigenvalue weighted by Gasteiger charge is 2.46. The van der Waals surface area contributed by atoms with E-state index < -0.39 is 0 Å². The molecular formula is C24H26N2O3. The standard InChI is InChI=1S/C24H26N2O3/c1-15-23(26-21-9-5-6-12-24(15,21)2)17-7-3-4-8-18(17)25-22(29)14-16-10-11-19(27)20(28)13-16/h3-11,13,15,23,26-28H,12,14H2,1-2H3,(H,25,29). The number of carbonyl (C=O) groups is 1. The summed E-state index contributed by atoms with van der Waals surface area (Å²) in [4.78, 5) is 12.6. The Hall–Kier alpha value is -3.21. The lowest BCUT2D eigenvalue weighted by Crippen LogP contribution is -2.24. The molecule has 0 bridgehead atoms. The molecule has 4 rings (SSSR count). The van der Waals surface area contributed by atoms with Crippen LogP contribution in [-0.2, 0) is 11.2 Å². The molecule has 0 radical (unpaired) electrons. The molecule has 1 saturated heterocycles. The minimum atomic E-state index is -0.225. The average molecular weight is 390 g/mol. The molecule has 150 valence electrons. The first-order valence-corrected chi connectivity index (χ1v) is 9.92. The van der Waals surface area contributed by atoms with E-state index in [0.717, 1.165) is 17.7 Å². The summed E-state index contributed by atoms with van der Waals surface area (Å²) in [5.74, 6) is -0.222. The third kappa shape index (κ3) is 3.48. The van der Waals surface area contributed by atoms with Crippen molar-refractivity contribution < 1.29 is 15.0 Å². The molecule has 1 heterocycles. The summed E-state index contributed by atoms with van der Waals surface area (Å²) < 4.78 is 0. The largest absolute Gasteiger partial charge is 0.504 e. The highest BCUT2D eigenvalue weighted by Crippen LogP contribution is 2.52. The molecule has 1 amide bonds. The average Bonchev–Trinajstić information content (AvgIpc) is 2.96. The molecule has 29 heavy (non-hydrogen) atoms. The van der Waals surface area contributed by atoms with Crippen LogP contribution in [0.1, 0.15) is 37.4 Å². The van der Waals surface area contributed by atoms with Gasteiger partial charge in [0.2, 0.25) is 5.91 Å². The number of para-hydroxylation sites is 1. The second kappa shape index (κ2) is 7.32. The van der Waals surface area contributed by atoms with E-state index in [1.54, 1.807) is 6.07 Å². The molecule has 3 unspecified atom stereocenters. The summed E-state index contributed by atoms with van der Waals surface area (Å²) in [6, 6.07) is 12.4. The van der Waals surface area contributed by atoms with Crippen molar-refractivity contribution in [1.82, 2.24) is 5.32 Å². The van der Waals surface area contributed by atoms with Gasteiger partial charge in [0.25, 0.3) is 0 Å². The van der Waals surface area contributed by atoms with Gasteiger partial charge in [-0.2, -0.15) is 0 Å². The molecular weight excluding hydrogens is 364 g/mol. The van der Waals surface area contributed by atoms with Crippen LogP contribution in [0.2, 0.25) is 0 Å². The Labute approximate surface area is 170 Å². The van der Waals surface area contributed by atoms with Crippen LogP contribution in [0.25, 0.3) is 0 Å². The molecule has 0 aromatic heterocycles. The van der Waals surface area contributed by atoms with Gasteiger partial charge in [0.1, 0.15) is 0 Å². The number of phenols is 2. The molecule has 2 aromatic carbocycles. The predicted octanol–water partition coefficient (Wildman–Crippen LogP) is 4.41. The highest BCUT2D eigenvalue weighted by atomic mass is 16.3. The van der Waals surface area contributed by atoms with Crippen molar-refractivity contribution in [2.75, 3.05) is 5.32 Å². The SMILES string of the molecule is CC1C(c2ccccc2NC(=O)Cc2ccc(O)c(O)c2)NC2=CC=CCC21C. The van der Waals surface area contributed by atoms with Gasteiger partial charge >= 0.3 is 0 Å². The molecule has 1 fully saturated rings. The lowest BCUT2D eigenvalue weighted by atomic mass is 9.71. The second-order valence-electron chi connectivity index (χ2n) is 8.18. The van der Waals surface area contributed by atoms with E-state index in [0.29, 0.717) is 11.5 Å². The van der Waals surface area contributed by atoms with Crippen molar-refractivity contribution in [3.05, 3.63) is 77.5 Å². The van der Waals surface area contributed by atoms with Crippen LogP contribution in [-0.4, -0.2) is 16.1 Å². The van der Waals surface area contributed by atoms with E-state index in [1.165, 1.54) is 17.8 Å². The van der Waals surface area contributed by atoms with Gasteiger partial charge in [-0.05, 0) is 47.7 Å². The Morgan fingerprint density at radius 1 is 1.21 bits per heavy atom. The predicted molar refractivity (Wildman–Crippen MR) is 114 cm³/mol. The van der Waals surface area contributed by atoms with E-state index in [1.807, 2.05) is 18.2 Å². The number of hydrogen-bond acceptors (Lipinski definition) is 4. The minimum absolute atomic E-state index is 0.0695. The summed E-state index contributed by atoms with van der Waals surface area (Å²) in [6.45, 7) is 4.55. The number of benzene rings is 2. The zero-order chi connectivity index (χ0) is 20.6. The van der Waals surface area contributed by atoms with Gasteiger partial charge in [0, 0.05) is 16.8 Å². The van der Waals surface area contributed by atoms with Crippen molar-refractivity contribution in [3.8, 4) is 11.5 Å². The van der Waals surface area contributed by atoms with Gasteiger partial charge in [0.15, 0.2) is 11.5 Å². The van der Waals surface area contributed by atoms with Gasteiger partial charge in [-0.3, -0.25) is 4.79 Å². The number of fused-ring (bicyclic) bond motifs is 1. The van der Waals surface area contributed by atoms with Crippen molar-refractivity contribution in [2.24, 2.45) is 11.3 Å². The van der Waals surface area contributed by atoms with E-state index in [9.17, 15) is 15.0 Å². The van der Waals surface area contributed by atoms with E-state index in [2.05, 4.69) is 48.8 Å². The summed E-state index contributed by atoms with van der Waals surface area (Å²) in [5.41, 5.74) is 3.81. The number of anilines is 1. The van der Waals surface area contributed by atoms with Crippen LogP contribution in [0.15, 0.2) is 66.4 Å². The van der Waals surface area contributed by atoms with Gasteiger partial charge in [-0.1, -0.05) is 50.3 Å². The van der Waals surface area contributed by atoms with Crippen LogP contribution >= 0.6 is 0 Å². The maximum atomic E-state index is 12.6. The van der Waals surface area contributed by atoms with Gasteiger partial charge in [0.05, 0.1) is 12.5 Å². The maximum Gasteiger partial charge on any atom is 0.228 e. The van der Waals surface area contributed by atoms with E-state index >= 15 is 0 Å². The fourth-order valence-corrected chi connectivity index (χ4v) is 4.37. The number of aromatic hydroxyl groups is 2. The number of amides is 1. The van der Waals surface area contributed by atoms with Crippen LogP contribution in [0, 0.1) is 11.3 Å². The fraction of sp³-hybridized carbons (Fsp3) is 0.292. The Bertz CT molecular complexity index is 1010. The van der Waals surface area contributed by atoms with Crippen LogP contribution in [0.5, 0.6) is 11.5 Å². The van der Waals surface area contributed by atoms with Gasteiger partial charge in [-0.25, -0.2) is 0 Å². The molecule has 5 heteroatoms. The Morgan fingerprint density at radius 2 is 2.00 bits per heavy atom. The van der Waals surface area contributed by atoms with Gasteiger partial charge < -0.3 is 20.8 Å². The van der Waals surface area contributed by atoms with Crippen molar-refractivity contribution in [3.63, 3.8) is 0 Å². The summed E-state index contributed by atoms with van der Waals surface area (Å²) in [6.07, 6.45) is 7.58. The lowest BCUT2D eigenvalue weighted by molar-refractivity contribution is -0.115. The first-order valence-electron chi connectivity index (χ1n) is 9.92. The first-order chi connectivity index (χ1) is 13.9. The second-order valence-corrected chi connectivity index (χ2v) is 8.18. The highest BCUT2D eigenvalue weighted by molar-refractivity contribution is 5.93. The summed E-state index contributed by atoms with van der Waals surface area (Å²) >= 11 is 0. The summed E-state index contributed by atoms with van der Waals surface area (Å²) in [5, 5.41) is 25.8. The molecule has 3 atom stereocenters. The molecule has 1 aliphatic carbocycles. The molecule has 0 saturated carbocycles. The first kappa shape index (κ1) is 19.1. The molecule has 2 aromatic rings. The fourth-order valence-electron chi connectivity index (χ4n) is 4.37. The Morgan fingerprint density at radius 3 is 2.76 bits per heavy atom. The van der Waals surface area contributed by atoms with Crippen LogP contribution < -0.4 is 10.6 Å². The van der Waals surface area contributed by atoms with Crippen molar-refractivity contribution >= 4 is 11.6 Å². The van der Waals surface area contributed by atoms with E-state index in [4.69, 9.17) is 0 Å². The third-order valence-electron chi connectivity index (χ3n) is 6.35.